The van der Waals surface area contributed by atoms with E-state index in [1.807, 2.05) is 0 Å². The van der Waals surface area contributed by atoms with Gasteiger partial charge in [0.2, 0.25) is 0 Å². The molecule has 0 spiro atoms. The number of rotatable bonds is 1. The number of nitrogens with one attached hydrogen (secondary N) is 1. The van der Waals surface area contributed by atoms with Gasteiger partial charge in [-0.05, 0) is 50.5 Å². The van der Waals surface area contributed by atoms with E-state index in [9.17, 15) is 5.11 Å². The van der Waals surface area contributed by atoms with E-state index >= 15 is 0 Å². The second kappa shape index (κ2) is 2.71. The van der Waals surface area contributed by atoms with Crippen LogP contribution in [-0.2, 0) is 0 Å². The molecule has 2 saturated carbocycles. The lowest BCUT2D eigenvalue weighted by atomic mass is 9.84. The Balaban J connectivity index is 1.74. The van der Waals surface area contributed by atoms with Gasteiger partial charge in [-0.3, -0.25) is 0 Å². The van der Waals surface area contributed by atoms with E-state index in [0.29, 0.717) is 12.0 Å². The average molecular weight is 181 g/mol. The third kappa shape index (κ3) is 1.15. The molecule has 2 N–H and O–H groups in total. The van der Waals surface area contributed by atoms with E-state index in [2.05, 4.69) is 5.32 Å². The SMILES string of the molecule is OC1(C2CCCCN2)CCC2CC21. The molecule has 0 bridgehead atoms. The molecule has 0 radical (unpaired) electrons. The molecule has 0 aromatic rings. The van der Waals surface area contributed by atoms with Crippen LogP contribution in [0.5, 0.6) is 0 Å². The van der Waals surface area contributed by atoms with Crippen molar-refractivity contribution in [2.45, 2.75) is 50.2 Å². The van der Waals surface area contributed by atoms with Crippen molar-refractivity contribution in [2.24, 2.45) is 11.8 Å². The van der Waals surface area contributed by atoms with Crippen LogP contribution in [0.2, 0.25) is 0 Å². The van der Waals surface area contributed by atoms with Gasteiger partial charge in [-0.2, -0.15) is 0 Å². The summed E-state index contributed by atoms with van der Waals surface area (Å²) in [6.07, 6.45) is 7.42. The van der Waals surface area contributed by atoms with Crippen molar-refractivity contribution in [1.82, 2.24) is 5.32 Å². The highest BCUT2D eigenvalue weighted by atomic mass is 16.3. The lowest BCUT2D eigenvalue weighted by molar-refractivity contribution is -0.0207. The molecule has 3 fully saturated rings. The Morgan fingerprint density at radius 3 is 2.69 bits per heavy atom. The Morgan fingerprint density at radius 1 is 1.23 bits per heavy atom. The molecule has 2 heteroatoms. The maximum absolute atomic E-state index is 10.6. The molecule has 1 saturated heterocycles. The standard InChI is InChI=1S/C11H19NO/c13-11(5-4-8-7-9(8)11)10-3-1-2-6-12-10/h8-10,12-13H,1-7H2. The summed E-state index contributed by atoms with van der Waals surface area (Å²) < 4.78 is 0. The van der Waals surface area contributed by atoms with Gasteiger partial charge in [0.15, 0.2) is 0 Å². The van der Waals surface area contributed by atoms with Crippen LogP contribution in [0.25, 0.3) is 0 Å². The first-order valence-electron chi connectivity index (χ1n) is 5.76. The molecule has 2 aliphatic carbocycles. The highest BCUT2D eigenvalue weighted by molar-refractivity contribution is 5.12. The van der Waals surface area contributed by atoms with Crippen molar-refractivity contribution in [1.29, 1.82) is 0 Å². The van der Waals surface area contributed by atoms with Crippen LogP contribution in [0.3, 0.4) is 0 Å². The zero-order valence-corrected chi connectivity index (χ0v) is 8.13. The van der Waals surface area contributed by atoms with E-state index in [0.717, 1.165) is 18.9 Å². The van der Waals surface area contributed by atoms with Gasteiger partial charge >= 0.3 is 0 Å². The molecule has 1 heterocycles. The number of piperidine rings is 1. The number of hydrogen-bond acceptors (Lipinski definition) is 2. The molecule has 0 aromatic carbocycles. The van der Waals surface area contributed by atoms with Crippen LogP contribution < -0.4 is 5.32 Å². The van der Waals surface area contributed by atoms with E-state index in [4.69, 9.17) is 0 Å². The van der Waals surface area contributed by atoms with Crippen molar-refractivity contribution in [2.75, 3.05) is 6.54 Å². The van der Waals surface area contributed by atoms with E-state index in [1.165, 1.54) is 32.1 Å². The van der Waals surface area contributed by atoms with Gasteiger partial charge in [0.1, 0.15) is 0 Å². The highest BCUT2D eigenvalue weighted by Crippen LogP contribution is 2.59. The minimum absolute atomic E-state index is 0.314. The minimum Gasteiger partial charge on any atom is -0.388 e. The summed E-state index contributed by atoms with van der Waals surface area (Å²) in [5, 5.41) is 14.1. The lowest BCUT2D eigenvalue weighted by Crippen LogP contribution is -2.53. The number of hydrogen-bond donors (Lipinski definition) is 2. The summed E-state index contributed by atoms with van der Waals surface area (Å²) in [6.45, 7) is 1.12. The van der Waals surface area contributed by atoms with Crippen molar-refractivity contribution in [3.8, 4) is 0 Å². The van der Waals surface area contributed by atoms with E-state index in [1.54, 1.807) is 0 Å². The van der Waals surface area contributed by atoms with Crippen LogP contribution in [0.4, 0.5) is 0 Å². The molecule has 3 aliphatic rings. The largest absolute Gasteiger partial charge is 0.388 e. The molecule has 0 amide bonds. The fourth-order valence-corrected chi connectivity index (χ4v) is 3.49. The number of fused-ring (bicyclic) bond motifs is 1. The second-order valence-corrected chi connectivity index (χ2v) is 5.13. The van der Waals surface area contributed by atoms with Crippen LogP contribution in [0, 0.1) is 11.8 Å². The molecular weight excluding hydrogens is 162 g/mol. The fourth-order valence-electron chi connectivity index (χ4n) is 3.49. The Labute approximate surface area is 79.7 Å². The van der Waals surface area contributed by atoms with Gasteiger partial charge < -0.3 is 10.4 Å². The minimum atomic E-state index is -0.314. The van der Waals surface area contributed by atoms with Gasteiger partial charge in [-0.1, -0.05) is 6.42 Å². The van der Waals surface area contributed by atoms with Crippen LogP contribution in [0.15, 0.2) is 0 Å². The Bertz CT molecular complexity index is 212. The first-order chi connectivity index (χ1) is 6.31. The summed E-state index contributed by atoms with van der Waals surface area (Å²) in [4.78, 5) is 0. The molecule has 2 nitrogen and oxygen atoms in total. The van der Waals surface area contributed by atoms with Gasteiger partial charge in [-0.25, -0.2) is 0 Å². The predicted molar refractivity (Wildman–Crippen MR) is 51.4 cm³/mol. The van der Waals surface area contributed by atoms with Gasteiger partial charge in [0, 0.05) is 6.04 Å². The smallest absolute Gasteiger partial charge is 0.0830 e. The van der Waals surface area contributed by atoms with Crippen LogP contribution >= 0.6 is 0 Å². The third-order valence-corrected chi connectivity index (χ3v) is 4.39. The van der Waals surface area contributed by atoms with E-state index in [-0.39, 0.29) is 5.60 Å². The van der Waals surface area contributed by atoms with Crippen LogP contribution in [0.1, 0.15) is 38.5 Å². The van der Waals surface area contributed by atoms with Gasteiger partial charge in [0.05, 0.1) is 5.60 Å². The monoisotopic (exact) mass is 181 g/mol. The lowest BCUT2D eigenvalue weighted by Gasteiger charge is -2.37. The van der Waals surface area contributed by atoms with Crippen LogP contribution in [-0.4, -0.2) is 23.3 Å². The molecule has 4 unspecified atom stereocenters. The molecule has 3 rings (SSSR count). The summed E-state index contributed by atoms with van der Waals surface area (Å²) >= 11 is 0. The van der Waals surface area contributed by atoms with Gasteiger partial charge in [-0.15, -0.1) is 0 Å². The van der Waals surface area contributed by atoms with Gasteiger partial charge in [0.25, 0.3) is 0 Å². The normalized spacial score (nSPS) is 54.7. The maximum Gasteiger partial charge on any atom is 0.0830 e. The number of aliphatic hydroxyl groups is 1. The molecule has 4 atom stereocenters. The molecule has 74 valence electrons. The maximum atomic E-state index is 10.6. The van der Waals surface area contributed by atoms with Crippen molar-refractivity contribution in [3.05, 3.63) is 0 Å². The third-order valence-electron chi connectivity index (χ3n) is 4.39. The summed E-state index contributed by atoms with van der Waals surface area (Å²) in [7, 11) is 0. The fraction of sp³-hybridized carbons (Fsp3) is 1.00. The Hall–Kier alpha value is -0.0800. The molecule has 13 heavy (non-hydrogen) atoms. The topological polar surface area (TPSA) is 32.3 Å². The first kappa shape index (κ1) is 8.25. The average Bonchev–Trinajstić information content (AvgIpc) is 2.90. The zero-order valence-electron chi connectivity index (χ0n) is 8.13. The molecule has 0 aromatic heterocycles. The summed E-state index contributed by atoms with van der Waals surface area (Å²) in [6, 6.07) is 0.416. The predicted octanol–water partition coefficient (Wildman–Crippen LogP) is 1.29. The first-order valence-corrected chi connectivity index (χ1v) is 5.76. The Morgan fingerprint density at radius 2 is 2.15 bits per heavy atom. The van der Waals surface area contributed by atoms with Crippen molar-refractivity contribution >= 4 is 0 Å². The second-order valence-electron chi connectivity index (χ2n) is 5.13. The summed E-state index contributed by atoms with van der Waals surface area (Å²) in [5.41, 5.74) is -0.314. The van der Waals surface area contributed by atoms with Crippen molar-refractivity contribution in [3.63, 3.8) is 0 Å². The van der Waals surface area contributed by atoms with E-state index < -0.39 is 0 Å². The van der Waals surface area contributed by atoms with Crippen molar-refractivity contribution < 1.29 is 5.11 Å². The Kier molecular flexibility index (Phi) is 1.72. The highest BCUT2D eigenvalue weighted by Gasteiger charge is 2.60. The zero-order chi connectivity index (χ0) is 8.89. The summed E-state index contributed by atoms with van der Waals surface area (Å²) in [5.74, 6) is 1.54. The molecule has 1 aliphatic heterocycles. The molecular formula is C11H19NO. The quantitative estimate of drug-likeness (QED) is 0.639.